The van der Waals surface area contributed by atoms with E-state index in [1.165, 1.54) is 19.3 Å². The van der Waals surface area contributed by atoms with Gasteiger partial charge in [-0.15, -0.1) is 0 Å². The van der Waals surface area contributed by atoms with Crippen LogP contribution in [0.15, 0.2) is 36.4 Å². The molecule has 2 aliphatic heterocycles. The first-order chi connectivity index (χ1) is 15.9. The zero-order chi connectivity index (χ0) is 23.4. The Kier molecular flexibility index (Phi) is 7.18. The van der Waals surface area contributed by atoms with Crippen LogP contribution in [0.2, 0.25) is 0 Å². The van der Waals surface area contributed by atoms with E-state index in [1.54, 1.807) is 17.9 Å². The lowest BCUT2D eigenvalue weighted by Gasteiger charge is -2.35. The molecule has 176 valence electrons. The SMILES string of the molecule is Cc1cccc(OCC(=O)Nc2ccc3c(c2)N(CCN2CCCCC2)C(=O)C(C)O3)c1C. The maximum absolute atomic E-state index is 12.9. The van der Waals surface area contributed by atoms with Gasteiger partial charge in [0.25, 0.3) is 11.8 Å². The molecule has 2 aliphatic rings. The zero-order valence-corrected chi connectivity index (χ0v) is 19.7. The Labute approximate surface area is 195 Å². The monoisotopic (exact) mass is 451 g/mol. The molecule has 1 fully saturated rings. The molecule has 1 N–H and O–H groups in total. The number of ether oxygens (including phenoxy) is 2. The number of rotatable bonds is 7. The van der Waals surface area contributed by atoms with Gasteiger partial charge in [0, 0.05) is 18.8 Å². The van der Waals surface area contributed by atoms with Crippen molar-refractivity contribution in [1.29, 1.82) is 0 Å². The Balaban J connectivity index is 1.42. The summed E-state index contributed by atoms with van der Waals surface area (Å²) in [6, 6.07) is 11.2. The maximum atomic E-state index is 12.9. The Bertz CT molecular complexity index is 1020. The van der Waals surface area contributed by atoms with Crippen molar-refractivity contribution in [1.82, 2.24) is 4.90 Å². The van der Waals surface area contributed by atoms with Gasteiger partial charge in [-0.3, -0.25) is 9.59 Å². The number of nitrogens with zero attached hydrogens (tertiary/aromatic N) is 2. The molecule has 33 heavy (non-hydrogen) atoms. The van der Waals surface area contributed by atoms with Crippen molar-refractivity contribution >= 4 is 23.2 Å². The minimum absolute atomic E-state index is 0.0544. The summed E-state index contributed by atoms with van der Waals surface area (Å²) < 4.78 is 11.5. The highest BCUT2D eigenvalue weighted by molar-refractivity contribution is 6.01. The number of carbonyl (C=O) groups excluding carboxylic acids is 2. The first-order valence-electron chi connectivity index (χ1n) is 11.8. The van der Waals surface area contributed by atoms with Crippen LogP contribution in [-0.4, -0.2) is 55.6 Å². The molecule has 0 saturated carbocycles. The third-order valence-electron chi connectivity index (χ3n) is 6.45. The number of benzene rings is 2. The lowest BCUT2D eigenvalue weighted by Crippen LogP contribution is -2.48. The summed E-state index contributed by atoms with van der Waals surface area (Å²) in [5.41, 5.74) is 3.44. The second kappa shape index (κ2) is 10.3. The Morgan fingerprint density at radius 3 is 2.70 bits per heavy atom. The minimum atomic E-state index is -0.523. The average Bonchev–Trinajstić information content (AvgIpc) is 2.81. The van der Waals surface area contributed by atoms with Crippen molar-refractivity contribution in [3.63, 3.8) is 0 Å². The highest BCUT2D eigenvalue weighted by atomic mass is 16.5. The third kappa shape index (κ3) is 5.47. The summed E-state index contributed by atoms with van der Waals surface area (Å²) in [5, 5.41) is 2.88. The smallest absolute Gasteiger partial charge is 0.267 e. The fourth-order valence-corrected chi connectivity index (χ4v) is 4.36. The quantitative estimate of drug-likeness (QED) is 0.691. The molecule has 2 aromatic rings. The standard InChI is InChI=1S/C26H33N3O4/c1-18-8-7-9-23(19(18)2)32-17-25(30)27-21-10-11-24-22(16-21)29(26(31)20(3)33-24)15-14-28-12-5-4-6-13-28/h7-11,16,20H,4-6,12-15,17H2,1-3H3,(H,27,30). The number of fused-ring (bicyclic) bond motifs is 1. The largest absolute Gasteiger partial charge is 0.483 e. The molecule has 0 spiro atoms. The number of aryl methyl sites for hydroxylation is 1. The number of hydrogen-bond acceptors (Lipinski definition) is 5. The molecule has 7 nitrogen and oxygen atoms in total. The molecule has 0 aliphatic carbocycles. The number of likely N-dealkylation sites (tertiary alicyclic amines) is 1. The average molecular weight is 452 g/mol. The van der Waals surface area contributed by atoms with Crippen LogP contribution >= 0.6 is 0 Å². The highest BCUT2D eigenvalue weighted by Gasteiger charge is 2.32. The van der Waals surface area contributed by atoms with E-state index >= 15 is 0 Å². The molecule has 2 amide bonds. The molecule has 0 bridgehead atoms. The highest BCUT2D eigenvalue weighted by Crippen LogP contribution is 2.36. The minimum Gasteiger partial charge on any atom is -0.483 e. The summed E-state index contributed by atoms with van der Waals surface area (Å²) in [5.74, 6) is 1.05. The van der Waals surface area contributed by atoms with Crippen molar-refractivity contribution in [2.75, 3.05) is 43.0 Å². The Morgan fingerprint density at radius 2 is 1.91 bits per heavy atom. The van der Waals surface area contributed by atoms with E-state index < -0.39 is 6.10 Å². The fourth-order valence-electron chi connectivity index (χ4n) is 4.36. The van der Waals surface area contributed by atoms with Gasteiger partial charge in [0.1, 0.15) is 11.5 Å². The van der Waals surface area contributed by atoms with Crippen LogP contribution < -0.4 is 19.7 Å². The van der Waals surface area contributed by atoms with E-state index in [0.29, 0.717) is 29.4 Å². The number of carbonyl (C=O) groups is 2. The first kappa shape index (κ1) is 23.1. The predicted octanol–water partition coefficient (Wildman–Crippen LogP) is 3.92. The molecule has 7 heteroatoms. The molecule has 1 unspecified atom stereocenters. The van der Waals surface area contributed by atoms with E-state index in [1.807, 2.05) is 44.2 Å². The van der Waals surface area contributed by atoms with Gasteiger partial charge in [0.2, 0.25) is 0 Å². The van der Waals surface area contributed by atoms with E-state index in [2.05, 4.69) is 10.2 Å². The third-order valence-corrected chi connectivity index (χ3v) is 6.45. The summed E-state index contributed by atoms with van der Waals surface area (Å²) in [7, 11) is 0. The maximum Gasteiger partial charge on any atom is 0.267 e. The van der Waals surface area contributed by atoms with Crippen LogP contribution in [0.4, 0.5) is 11.4 Å². The van der Waals surface area contributed by atoms with Crippen molar-refractivity contribution in [2.45, 2.75) is 46.1 Å². The number of nitrogens with one attached hydrogen (secondary N) is 1. The Morgan fingerprint density at radius 1 is 1.12 bits per heavy atom. The summed E-state index contributed by atoms with van der Waals surface area (Å²) in [4.78, 5) is 29.6. The van der Waals surface area contributed by atoms with Crippen molar-refractivity contribution in [3.05, 3.63) is 47.5 Å². The van der Waals surface area contributed by atoms with Crippen LogP contribution in [0.1, 0.15) is 37.3 Å². The van der Waals surface area contributed by atoms with Crippen molar-refractivity contribution in [2.24, 2.45) is 0 Å². The van der Waals surface area contributed by atoms with Gasteiger partial charge < -0.3 is 24.6 Å². The van der Waals surface area contributed by atoms with Crippen LogP contribution in [0.3, 0.4) is 0 Å². The van der Waals surface area contributed by atoms with Gasteiger partial charge in [-0.25, -0.2) is 0 Å². The Hall–Kier alpha value is -3.06. The lowest BCUT2D eigenvalue weighted by atomic mass is 10.1. The second-order valence-electron chi connectivity index (χ2n) is 8.87. The molecule has 2 aromatic carbocycles. The number of anilines is 2. The second-order valence-corrected chi connectivity index (χ2v) is 8.87. The van der Waals surface area contributed by atoms with Crippen LogP contribution in [0.25, 0.3) is 0 Å². The van der Waals surface area contributed by atoms with Gasteiger partial charge >= 0.3 is 0 Å². The predicted molar refractivity (Wildman–Crippen MR) is 129 cm³/mol. The zero-order valence-electron chi connectivity index (χ0n) is 19.7. The number of piperidine rings is 1. The van der Waals surface area contributed by atoms with E-state index in [4.69, 9.17) is 9.47 Å². The summed E-state index contributed by atoms with van der Waals surface area (Å²) >= 11 is 0. The fraction of sp³-hybridized carbons (Fsp3) is 0.462. The summed E-state index contributed by atoms with van der Waals surface area (Å²) in [6.07, 6.45) is 3.18. The van der Waals surface area contributed by atoms with E-state index in [9.17, 15) is 9.59 Å². The van der Waals surface area contributed by atoms with Crippen molar-refractivity contribution in [3.8, 4) is 11.5 Å². The molecular formula is C26H33N3O4. The molecule has 0 aromatic heterocycles. The van der Waals surface area contributed by atoms with E-state index in [-0.39, 0.29) is 18.4 Å². The molecule has 2 heterocycles. The van der Waals surface area contributed by atoms with Crippen molar-refractivity contribution < 1.29 is 19.1 Å². The number of hydrogen-bond donors (Lipinski definition) is 1. The van der Waals surface area contributed by atoms with Gasteiger partial charge in [-0.1, -0.05) is 18.6 Å². The number of amides is 2. The van der Waals surface area contributed by atoms with Crippen LogP contribution in [-0.2, 0) is 9.59 Å². The topological polar surface area (TPSA) is 71.1 Å². The normalized spacial score (nSPS) is 18.5. The van der Waals surface area contributed by atoms with Gasteiger partial charge in [-0.2, -0.15) is 0 Å². The summed E-state index contributed by atoms with van der Waals surface area (Å²) in [6.45, 7) is 9.27. The molecule has 1 saturated heterocycles. The van der Waals surface area contributed by atoms with Gasteiger partial charge in [0.05, 0.1) is 5.69 Å². The van der Waals surface area contributed by atoms with Gasteiger partial charge in [-0.05, 0) is 82.1 Å². The van der Waals surface area contributed by atoms with E-state index in [0.717, 1.165) is 30.8 Å². The molecule has 1 atom stereocenters. The molecule has 0 radical (unpaired) electrons. The van der Waals surface area contributed by atoms with Crippen LogP contribution in [0, 0.1) is 13.8 Å². The van der Waals surface area contributed by atoms with Gasteiger partial charge in [0.15, 0.2) is 12.7 Å². The first-order valence-corrected chi connectivity index (χ1v) is 11.8. The molecule has 4 rings (SSSR count). The lowest BCUT2D eigenvalue weighted by molar-refractivity contribution is -0.125. The van der Waals surface area contributed by atoms with Crippen LogP contribution in [0.5, 0.6) is 11.5 Å². The molecular weight excluding hydrogens is 418 g/mol.